The Labute approximate surface area is 164 Å². The smallest absolute Gasteiger partial charge is 0.255 e. The molecule has 3 rings (SSSR count). The molecule has 6 nitrogen and oxygen atoms in total. The van der Waals surface area contributed by atoms with Gasteiger partial charge in [0.2, 0.25) is 0 Å². The molecule has 2 aromatic carbocycles. The number of carbonyl (C=O) groups excluding carboxylic acids is 1. The van der Waals surface area contributed by atoms with Crippen LogP contribution >= 0.6 is 0 Å². The number of nitrogens with zero attached hydrogens (tertiary/aromatic N) is 1. The van der Waals surface area contributed by atoms with E-state index in [1.807, 2.05) is 12.1 Å². The zero-order chi connectivity index (χ0) is 19.9. The number of amides is 1. The Morgan fingerprint density at radius 1 is 1.00 bits per heavy atom. The first-order valence-electron chi connectivity index (χ1n) is 8.88. The molecule has 2 N–H and O–H groups in total. The second kappa shape index (κ2) is 8.90. The molecule has 0 atom stereocenters. The van der Waals surface area contributed by atoms with Gasteiger partial charge in [0, 0.05) is 30.1 Å². The van der Waals surface area contributed by atoms with Crippen molar-refractivity contribution < 1.29 is 14.3 Å². The molecule has 3 aromatic rings. The van der Waals surface area contributed by atoms with Crippen molar-refractivity contribution in [2.75, 3.05) is 24.9 Å². The minimum atomic E-state index is -0.228. The fourth-order valence-corrected chi connectivity index (χ4v) is 2.80. The van der Waals surface area contributed by atoms with Crippen molar-refractivity contribution in [3.63, 3.8) is 0 Å². The largest absolute Gasteiger partial charge is 0.493 e. The van der Waals surface area contributed by atoms with Gasteiger partial charge in [0.15, 0.2) is 11.5 Å². The Kier molecular flexibility index (Phi) is 6.11. The number of hydrogen-bond acceptors (Lipinski definition) is 5. The van der Waals surface area contributed by atoms with Crippen molar-refractivity contribution in [1.29, 1.82) is 0 Å². The molecule has 144 valence electrons. The average Bonchev–Trinajstić information content (AvgIpc) is 2.72. The lowest BCUT2D eigenvalue weighted by Gasteiger charge is -2.11. The highest BCUT2D eigenvalue weighted by atomic mass is 16.5. The van der Waals surface area contributed by atoms with Crippen LogP contribution in [0.1, 0.15) is 21.5 Å². The molecule has 0 aliphatic rings. The van der Waals surface area contributed by atoms with E-state index in [-0.39, 0.29) is 5.91 Å². The van der Waals surface area contributed by atoms with Crippen LogP contribution in [-0.4, -0.2) is 25.1 Å². The van der Waals surface area contributed by atoms with Crippen molar-refractivity contribution in [2.45, 2.75) is 13.5 Å². The summed E-state index contributed by atoms with van der Waals surface area (Å²) in [5.41, 5.74) is 3.49. The summed E-state index contributed by atoms with van der Waals surface area (Å²) in [4.78, 5) is 16.9. The molecule has 0 saturated carbocycles. The molecule has 0 fully saturated rings. The second-order valence-corrected chi connectivity index (χ2v) is 6.30. The molecule has 1 amide bonds. The summed E-state index contributed by atoms with van der Waals surface area (Å²) >= 11 is 0. The SMILES string of the molecule is COc1ccc(NC(=O)c2ccnc(NCc3cccc(C)c3)c2)cc1OC. The fourth-order valence-electron chi connectivity index (χ4n) is 2.80. The Morgan fingerprint density at radius 2 is 1.82 bits per heavy atom. The van der Waals surface area contributed by atoms with Gasteiger partial charge in [0.25, 0.3) is 5.91 Å². The molecule has 1 heterocycles. The van der Waals surface area contributed by atoms with Gasteiger partial charge >= 0.3 is 0 Å². The fraction of sp³-hybridized carbons (Fsp3) is 0.182. The minimum absolute atomic E-state index is 0.228. The number of methoxy groups -OCH3 is 2. The Morgan fingerprint density at radius 3 is 2.57 bits per heavy atom. The standard InChI is InChI=1S/C22H23N3O3/c1-15-5-4-6-16(11-15)14-24-21-12-17(9-10-23-21)22(26)25-18-7-8-19(27-2)20(13-18)28-3/h4-13H,14H2,1-3H3,(H,23,24)(H,25,26). The third kappa shape index (κ3) is 4.79. The maximum absolute atomic E-state index is 12.6. The summed E-state index contributed by atoms with van der Waals surface area (Å²) in [6, 6.07) is 16.9. The number of aromatic nitrogens is 1. The zero-order valence-corrected chi connectivity index (χ0v) is 16.2. The maximum atomic E-state index is 12.6. The van der Waals surface area contributed by atoms with E-state index in [2.05, 4.69) is 34.7 Å². The van der Waals surface area contributed by atoms with E-state index in [0.717, 1.165) is 5.56 Å². The molecule has 0 saturated heterocycles. The first-order valence-corrected chi connectivity index (χ1v) is 8.88. The van der Waals surface area contributed by atoms with Crippen LogP contribution < -0.4 is 20.1 Å². The molecular weight excluding hydrogens is 354 g/mol. The molecule has 6 heteroatoms. The number of rotatable bonds is 7. The molecule has 0 spiro atoms. The first-order chi connectivity index (χ1) is 13.6. The number of hydrogen-bond donors (Lipinski definition) is 2. The molecule has 0 unspecified atom stereocenters. The van der Waals surface area contributed by atoms with Gasteiger partial charge in [-0.15, -0.1) is 0 Å². The van der Waals surface area contributed by atoms with Crippen LogP contribution in [0, 0.1) is 6.92 Å². The van der Waals surface area contributed by atoms with Gasteiger partial charge in [-0.3, -0.25) is 4.79 Å². The first kappa shape index (κ1) is 19.2. The predicted octanol–water partition coefficient (Wildman–Crippen LogP) is 4.27. The maximum Gasteiger partial charge on any atom is 0.255 e. The molecule has 1 aromatic heterocycles. The summed E-state index contributed by atoms with van der Waals surface area (Å²) in [5.74, 6) is 1.57. The monoisotopic (exact) mass is 377 g/mol. The van der Waals surface area contributed by atoms with Gasteiger partial charge < -0.3 is 20.1 Å². The van der Waals surface area contributed by atoms with Crippen LogP contribution in [-0.2, 0) is 6.54 Å². The lowest BCUT2D eigenvalue weighted by molar-refractivity contribution is 0.102. The van der Waals surface area contributed by atoms with E-state index < -0.39 is 0 Å². The van der Waals surface area contributed by atoms with Gasteiger partial charge in [-0.1, -0.05) is 29.8 Å². The van der Waals surface area contributed by atoms with Crippen LogP contribution in [0.5, 0.6) is 11.5 Å². The lowest BCUT2D eigenvalue weighted by atomic mass is 10.1. The topological polar surface area (TPSA) is 72.5 Å². The molecule has 0 bridgehead atoms. The third-order valence-electron chi connectivity index (χ3n) is 4.22. The van der Waals surface area contributed by atoms with Gasteiger partial charge in [0.1, 0.15) is 5.82 Å². The molecule has 0 aliphatic heterocycles. The van der Waals surface area contributed by atoms with Crippen molar-refractivity contribution in [3.05, 3.63) is 77.5 Å². The highest BCUT2D eigenvalue weighted by molar-refractivity contribution is 6.04. The molecular formula is C22H23N3O3. The van der Waals surface area contributed by atoms with Crippen LogP contribution in [0.3, 0.4) is 0 Å². The van der Waals surface area contributed by atoms with E-state index in [1.165, 1.54) is 5.56 Å². The van der Waals surface area contributed by atoms with E-state index >= 15 is 0 Å². The molecule has 0 aliphatic carbocycles. The average molecular weight is 377 g/mol. The molecule has 28 heavy (non-hydrogen) atoms. The normalized spacial score (nSPS) is 10.2. The zero-order valence-electron chi connectivity index (χ0n) is 16.2. The number of anilines is 2. The van der Waals surface area contributed by atoms with E-state index in [4.69, 9.17) is 9.47 Å². The predicted molar refractivity (Wildman–Crippen MR) is 110 cm³/mol. The van der Waals surface area contributed by atoms with E-state index in [1.54, 1.807) is 50.7 Å². The third-order valence-corrected chi connectivity index (χ3v) is 4.22. The summed E-state index contributed by atoms with van der Waals surface area (Å²) in [6.07, 6.45) is 1.61. The van der Waals surface area contributed by atoms with Crippen molar-refractivity contribution in [1.82, 2.24) is 4.98 Å². The van der Waals surface area contributed by atoms with Crippen LogP contribution in [0.15, 0.2) is 60.8 Å². The second-order valence-electron chi connectivity index (χ2n) is 6.30. The number of ether oxygens (including phenoxy) is 2. The number of aryl methyl sites for hydroxylation is 1. The summed E-state index contributed by atoms with van der Waals surface area (Å²) in [5, 5.41) is 6.12. The van der Waals surface area contributed by atoms with Gasteiger partial charge in [0.05, 0.1) is 14.2 Å². The van der Waals surface area contributed by atoms with Gasteiger partial charge in [-0.05, 0) is 36.8 Å². The number of nitrogens with one attached hydrogen (secondary N) is 2. The summed E-state index contributed by atoms with van der Waals surface area (Å²) in [6.45, 7) is 2.69. The summed E-state index contributed by atoms with van der Waals surface area (Å²) < 4.78 is 10.5. The van der Waals surface area contributed by atoms with E-state index in [9.17, 15) is 4.79 Å². The van der Waals surface area contributed by atoms with Crippen molar-refractivity contribution in [2.24, 2.45) is 0 Å². The Bertz CT molecular complexity index is 973. The highest BCUT2D eigenvalue weighted by Gasteiger charge is 2.10. The van der Waals surface area contributed by atoms with E-state index in [0.29, 0.717) is 35.1 Å². The van der Waals surface area contributed by atoms with Crippen molar-refractivity contribution in [3.8, 4) is 11.5 Å². The highest BCUT2D eigenvalue weighted by Crippen LogP contribution is 2.30. The van der Waals surface area contributed by atoms with Crippen LogP contribution in [0.25, 0.3) is 0 Å². The molecule has 0 radical (unpaired) electrons. The number of benzene rings is 2. The number of pyridine rings is 1. The minimum Gasteiger partial charge on any atom is -0.493 e. The Balaban J connectivity index is 1.68. The lowest BCUT2D eigenvalue weighted by Crippen LogP contribution is -2.13. The summed E-state index contributed by atoms with van der Waals surface area (Å²) in [7, 11) is 3.12. The quantitative estimate of drug-likeness (QED) is 0.643. The van der Waals surface area contributed by atoms with Crippen LogP contribution in [0.4, 0.5) is 11.5 Å². The van der Waals surface area contributed by atoms with Gasteiger partial charge in [-0.25, -0.2) is 4.98 Å². The Hall–Kier alpha value is -3.54. The van der Waals surface area contributed by atoms with Crippen LogP contribution in [0.2, 0.25) is 0 Å². The number of carbonyl (C=O) groups is 1. The van der Waals surface area contributed by atoms with Gasteiger partial charge in [-0.2, -0.15) is 0 Å². The van der Waals surface area contributed by atoms with Crippen molar-refractivity contribution >= 4 is 17.4 Å².